The van der Waals surface area contributed by atoms with Crippen LogP contribution in [-0.4, -0.2) is 59.4 Å². The van der Waals surface area contributed by atoms with E-state index in [4.69, 9.17) is 0 Å². The van der Waals surface area contributed by atoms with Crippen LogP contribution in [0.15, 0.2) is 48.5 Å². The molecule has 2 aromatic carbocycles. The second-order valence-corrected chi connectivity index (χ2v) is 8.01. The molecule has 0 atom stereocenters. The van der Waals surface area contributed by atoms with Gasteiger partial charge in [-0.2, -0.15) is 0 Å². The molecule has 3 aromatic rings. The van der Waals surface area contributed by atoms with E-state index in [0.29, 0.717) is 24.0 Å². The number of piperazine rings is 1. The first-order valence-corrected chi connectivity index (χ1v) is 10.9. The molecule has 8 heteroatoms. The van der Waals surface area contributed by atoms with E-state index in [1.807, 2.05) is 32.0 Å². The second kappa shape index (κ2) is 9.74. The molecular weight excluding hydrogens is 404 g/mol. The third-order valence-corrected chi connectivity index (χ3v) is 5.80. The molecule has 1 aromatic heterocycles. The highest BCUT2D eigenvalue weighted by molar-refractivity contribution is 5.98. The minimum absolute atomic E-state index is 0.212. The first-order chi connectivity index (χ1) is 15.5. The Morgan fingerprint density at radius 2 is 1.56 bits per heavy atom. The van der Waals surface area contributed by atoms with Crippen LogP contribution in [0.3, 0.4) is 0 Å². The van der Waals surface area contributed by atoms with Crippen molar-refractivity contribution in [1.29, 1.82) is 0 Å². The van der Waals surface area contributed by atoms with E-state index in [0.717, 1.165) is 43.1 Å². The lowest BCUT2D eigenvalue weighted by molar-refractivity contribution is -0.122. The van der Waals surface area contributed by atoms with Crippen molar-refractivity contribution in [3.8, 4) is 0 Å². The lowest BCUT2D eigenvalue weighted by Crippen LogP contribution is -2.48. The molecule has 1 aliphatic rings. The number of fused-ring (bicyclic) bond motifs is 1. The number of carbonyl (C=O) groups is 2. The van der Waals surface area contributed by atoms with E-state index in [2.05, 4.69) is 42.8 Å². The first kappa shape index (κ1) is 21.7. The fourth-order valence-corrected chi connectivity index (χ4v) is 3.76. The van der Waals surface area contributed by atoms with E-state index in [-0.39, 0.29) is 11.8 Å². The second-order valence-electron chi connectivity index (χ2n) is 8.01. The Balaban J connectivity index is 1.22. The highest BCUT2D eigenvalue weighted by atomic mass is 16.2. The maximum Gasteiger partial charge on any atom is 0.269 e. The summed E-state index contributed by atoms with van der Waals surface area (Å²) in [6.45, 7) is 8.14. The van der Waals surface area contributed by atoms with Gasteiger partial charge < -0.3 is 4.90 Å². The third kappa shape index (κ3) is 5.20. The maximum atomic E-state index is 12.4. The molecule has 4 rings (SSSR count). The van der Waals surface area contributed by atoms with Crippen molar-refractivity contribution in [3.63, 3.8) is 0 Å². The molecule has 8 nitrogen and oxygen atoms in total. The van der Waals surface area contributed by atoms with Gasteiger partial charge in [-0.1, -0.05) is 18.2 Å². The zero-order valence-electron chi connectivity index (χ0n) is 18.5. The van der Waals surface area contributed by atoms with Crippen LogP contribution in [0, 0.1) is 13.8 Å². The summed E-state index contributed by atoms with van der Waals surface area (Å²) in [4.78, 5) is 38.2. The fraction of sp³-hybridized carbons (Fsp3) is 0.333. The van der Waals surface area contributed by atoms with Gasteiger partial charge in [0.1, 0.15) is 0 Å². The van der Waals surface area contributed by atoms with E-state index in [1.165, 1.54) is 5.69 Å². The average Bonchev–Trinajstić information content (AvgIpc) is 2.82. The summed E-state index contributed by atoms with van der Waals surface area (Å²) in [5.41, 5.74) is 9.74. The number of hydrazine groups is 1. The summed E-state index contributed by atoms with van der Waals surface area (Å²) in [5.74, 6) is -0.590. The minimum Gasteiger partial charge on any atom is -0.369 e. The van der Waals surface area contributed by atoms with E-state index < -0.39 is 0 Å². The Labute approximate surface area is 187 Å². The van der Waals surface area contributed by atoms with Crippen LogP contribution in [0.2, 0.25) is 0 Å². The number of rotatable bonds is 5. The number of para-hydroxylation sites is 1. The number of hydrogen-bond acceptors (Lipinski definition) is 6. The van der Waals surface area contributed by atoms with Crippen molar-refractivity contribution in [2.75, 3.05) is 37.6 Å². The standard InChI is InChI=1S/C24H28N6O2/c1-17-18(2)26-22-16-19(8-9-21(22)25-17)24(32)28-27-23(31)10-11-29-12-14-30(15-13-29)20-6-4-3-5-7-20/h3-9,16H,10-15H2,1-2H3,(H,27,31)(H,28,32). The predicted molar refractivity (Wildman–Crippen MR) is 124 cm³/mol. The SMILES string of the molecule is Cc1nc2ccc(C(=O)NNC(=O)CCN3CCN(c4ccccc4)CC3)cc2nc1C. The van der Waals surface area contributed by atoms with Crippen LogP contribution in [0.4, 0.5) is 5.69 Å². The Kier molecular flexibility index (Phi) is 6.61. The number of nitrogens with one attached hydrogen (secondary N) is 2. The molecule has 2 N–H and O–H groups in total. The van der Waals surface area contributed by atoms with Gasteiger partial charge in [-0.05, 0) is 44.2 Å². The van der Waals surface area contributed by atoms with E-state index in [9.17, 15) is 9.59 Å². The van der Waals surface area contributed by atoms with Crippen LogP contribution in [0.1, 0.15) is 28.2 Å². The Bertz CT molecular complexity index is 1110. The molecule has 2 amide bonds. The molecule has 1 aliphatic heterocycles. The average molecular weight is 433 g/mol. The van der Waals surface area contributed by atoms with Crippen molar-refractivity contribution < 1.29 is 9.59 Å². The Morgan fingerprint density at radius 3 is 2.28 bits per heavy atom. The summed E-state index contributed by atoms with van der Waals surface area (Å²) in [5, 5.41) is 0. The van der Waals surface area contributed by atoms with Gasteiger partial charge >= 0.3 is 0 Å². The number of nitrogens with zero attached hydrogens (tertiary/aromatic N) is 4. The first-order valence-electron chi connectivity index (χ1n) is 10.9. The quantitative estimate of drug-likeness (QED) is 0.601. The molecule has 0 saturated carbocycles. The van der Waals surface area contributed by atoms with E-state index in [1.54, 1.807) is 18.2 Å². The summed E-state index contributed by atoms with van der Waals surface area (Å²) >= 11 is 0. The molecule has 1 fully saturated rings. The number of aryl methyl sites for hydroxylation is 2. The number of benzene rings is 2. The highest BCUT2D eigenvalue weighted by Crippen LogP contribution is 2.16. The summed E-state index contributed by atoms with van der Waals surface area (Å²) < 4.78 is 0. The highest BCUT2D eigenvalue weighted by Gasteiger charge is 2.18. The molecular formula is C24H28N6O2. The lowest BCUT2D eigenvalue weighted by Gasteiger charge is -2.36. The van der Waals surface area contributed by atoms with Gasteiger partial charge in [0.15, 0.2) is 0 Å². The summed E-state index contributed by atoms with van der Waals surface area (Å²) in [6.07, 6.45) is 0.327. The van der Waals surface area contributed by atoms with Crippen molar-refractivity contribution in [3.05, 3.63) is 65.5 Å². The predicted octanol–water partition coefficient (Wildman–Crippen LogP) is 2.22. The molecule has 0 spiro atoms. The number of hydrogen-bond donors (Lipinski definition) is 2. The molecule has 2 heterocycles. The third-order valence-electron chi connectivity index (χ3n) is 5.80. The number of aromatic nitrogens is 2. The largest absolute Gasteiger partial charge is 0.369 e. The summed E-state index contributed by atoms with van der Waals surface area (Å²) in [6, 6.07) is 15.5. The molecule has 1 saturated heterocycles. The molecule has 0 unspecified atom stereocenters. The van der Waals surface area contributed by atoms with Gasteiger partial charge in [0.25, 0.3) is 5.91 Å². The van der Waals surface area contributed by atoms with Crippen molar-refractivity contribution >= 4 is 28.5 Å². The number of amides is 2. The lowest BCUT2D eigenvalue weighted by atomic mass is 10.1. The van der Waals surface area contributed by atoms with Crippen LogP contribution in [0.5, 0.6) is 0 Å². The Morgan fingerprint density at radius 1 is 0.875 bits per heavy atom. The van der Waals surface area contributed by atoms with Crippen molar-refractivity contribution in [2.45, 2.75) is 20.3 Å². The smallest absolute Gasteiger partial charge is 0.269 e. The Hall–Kier alpha value is -3.52. The molecule has 32 heavy (non-hydrogen) atoms. The van der Waals surface area contributed by atoms with Gasteiger partial charge in [0, 0.05) is 50.4 Å². The monoisotopic (exact) mass is 432 g/mol. The number of carbonyl (C=O) groups excluding carboxylic acids is 2. The van der Waals surface area contributed by atoms with Crippen molar-refractivity contribution in [1.82, 2.24) is 25.7 Å². The zero-order valence-corrected chi connectivity index (χ0v) is 18.5. The van der Waals surface area contributed by atoms with Gasteiger partial charge in [-0.15, -0.1) is 0 Å². The van der Waals surface area contributed by atoms with Crippen LogP contribution in [-0.2, 0) is 4.79 Å². The van der Waals surface area contributed by atoms with Crippen LogP contribution >= 0.6 is 0 Å². The topological polar surface area (TPSA) is 90.5 Å². The molecule has 0 bridgehead atoms. The summed E-state index contributed by atoms with van der Waals surface area (Å²) in [7, 11) is 0. The number of anilines is 1. The fourth-order valence-electron chi connectivity index (χ4n) is 3.76. The van der Waals surface area contributed by atoms with Crippen LogP contribution < -0.4 is 15.8 Å². The van der Waals surface area contributed by atoms with Crippen molar-refractivity contribution in [2.24, 2.45) is 0 Å². The van der Waals surface area contributed by atoms with E-state index >= 15 is 0 Å². The maximum absolute atomic E-state index is 12.4. The minimum atomic E-state index is -0.378. The van der Waals surface area contributed by atoms with Gasteiger partial charge in [-0.25, -0.2) is 9.97 Å². The molecule has 166 valence electrons. The normalized spacial score (nSPS) is 14.4. The van der Waals surface area contributed by atoms with Gasteiger partial charge in [-0.3, -0.25) is 25.3 Å². The zero-order chi connectivity index (χ0) is 22.5. The molecule has 0 aliphatic carbocycles. The van der Waals surface area contributed by atoms with Gasteiger partial charge in [0.2, 0.25) is 5.91 Å². The van der Waals surface area contributed by atoms with Gasteiger partial charge in [0.05, 0.1) is 22.4 Å². The van der Waals surface area contributed by atoms with Crippen LogP contribution in [0.25, 0.3) is 11.0 Å². The molecule has 0 radical (unpaired) electrons.